The maximum Gasteiger partial charge on any atom is 0.260 e. The molecule has 3 rings (SSSR count). The Morgan fingerprint density at radius 2 is 1.58 bits per heavy atom. The van der Waals surface area contributed by atoms with Crippen LogP contribution < -0.4 is 4.74 Å². The Balaban J connectivity index is 1.47. The number of nitrogens with zero attached hydrogens (tertiary/aromatic N) is 2. The van der Waals surface area contributed by atoms with Gasteiger partial charge in [0.2, 0.25) is 5.91 Å². The summed E-state index contributed by atoms with van der Waals surface area (Å²) in [6.07, 6.45) is 5.25. The molecule has 2 fully saturated rings. The number of hydrogen-bond acceptors (Lipinski definition) is 3. The van der Waals surface area contributed by atoms with E-state index >= 15 is 0 Å². The molecule has 1 saturated carbocycles. The van der Waals surface area contributed by atoms with E-state index in [2.05, 4.69) is 0 Å². The highest BCUT2D eigenvalue weighted by Gasteiger charge is 2.29. The van der Waals surface area contributed by atoms with Crippen LogP contribution in [-0.2, 0) is 9.59 Å². The van der Waals surface area contributed by atoms with Gasteiger partial charge in [0.15, 0.2) is 6.61 Å². The Hall–Kier alpha value is -2.04. The van der Waals surface area contributed by atoms with Crippen LogP contribution in [0.25, 0.3) is 0 Å². The van der Waals surface area contributed by atoms with Crippen LogP contribution in [0.1, 0.15) is 32.1 Å². The van der Waals surface area contributed by atoms with Gasteiger partial charge in [0.1, 0.15) is 5.75 Å². The molecule has 24 heavy (non-hydrogen) atoms. The van der Waals surface area contributed by atoms with E-state index in [1.165, 1.54) is 12.8 Å². The minimum atomic E-state index is -0.00554. The molecule has 0 bridgehead atoms. The number of carbonyl (C=O) groups is 2. The third-order valence-corrected chi connectivity index (χ3v) is 4.97. The molecule has 0 spiro atoms. The summed E-state index contributed by atoms with van der Waals surface area (Å²) in [7, 11) is 0. The molecule has 1 heterocycles. The normalized spacial score (nSPS) is 19.2. The van der Waals surface area contributed by atoms with Crippen molar-refractivity contribution in [1.82, 2.24) is 9.80 Å². The first-order chi connectivity index (χ1) is 11.7. The predicted molar refractivity (Wildman–Crippen MR) is 91.7 cm³/mol. The average Bonchev–Trinajstić information content (AvgIpc) is 3.04. The van der Waals surface area contributed by atoms with E-state index in [-0.39, 0.29) is 18.4 Å². The van der Waals surface area contributed by atoms with Gasteiger partial charge in [-0.3, -0.25) is 9.59 Å². The van der Waals surface area contributed by atoms with Crippen molar-refractivity contribution in [3.05, 3.63) is 30.3 Å². The average molecular weight is 330 g/mol. The van der Waals surface area contributed by atoms with Gasteiger partial charge < -0.3 is 14.5 Å². The molecule has 0 aromatic heterocycles. The molecule has 130 valence electrons. The van der Waals surface area contributed by atoms with Crippen LogP contribution >= 0.6 is 0 Å². The largest absolute Gasteiger partial charge is 0.484 e. The van der Waals surface area contributed by atoms with Gasteiger partial charge in [0, 0.05) is 32.1 Å². The van der Waals surface area contributed by atoms with Crippen molar-refractivity contribution >= 4 is 11.8 Å². The van der Waals surface area contributed by atoms with Gasteiger partial charge in [0.05, 0.1) is 0 Å². The van der Waals surface area contributed by atoms with Crippen LogP contribution in [0.15, 0.2) is 30.3 Å². The van der Waals surface area contributed by atoms with E-state index in [1.54, 1.807) is 0 Å². The lowest BCUT2D eigenvalue weighted by atomic mass is 10.1. The highest BCUT2D eigenvalue weighted by Crippen LogP contribution is 2.26. The second kappa shape index (κ2) is 8.18. The molecule has 2 amide bonds. The Morgan fingerprint density at radius 3 is 2.33 bits per heavy atom. The topological polar surface area (TPSA) is 49.9 Å². The fourth-order valence-electron chi connectivity index (χ4n) is 3.57. The molecule has 5 heteroatoms. The third-order valence-electron chi connectivity index (χ3n) is 4.97. The number of carbonyl (C=O) groups excluding carboxylic acids is 2. The second-order valence-electron chi connectivity index (χ2n) is 6.64. The van der Waals surface area contributed by atoms with E-state index in [4.69, 9.17) is 4.74 Å². The molecular formula is C19H26N2O3. The van der Waals surface area contributed by atoms with Gasteiger partial charge in [-0.2, -0.15) is 0 Å². The van der Waals surface area contributed by atoms with Crippen LogP contribution in [0.3, 0.4) is 0 Å². The summed E-state index contributed by atoms with van der Waals surface area (Å²) in [5.41, 5.74) is 0. The van der Waals surface area contributed by atoms with Crippen molar-refractivity contribution in [2.45, 2.75) is 32.1 Å². The number of rotatable bonds is 4. The van der Waals surface area contributed by atoms with Crippen molar-refractivity contribution in [3.8, 4) is 5.75 Å². The fraction of sp³-hybridized carbons (Fsp3) is 0.579. The lowest BCUT2D eigenvalue weighted by Crippen LogP contribution is -2.40. The molecule has 1 saturated heterocycles. The van der Waals surface area contributed by atoms with Crippen LogP contribution in [0.5, 0.6) is 5.75 Å². The lowest BCUT2D eigenvalue weighted by molar-refractivity contribution is -0.136. The Bertz CT molecular complexity index is 555. The van der Waals surface area contributed by atoms with E-state index in [0.717, 1.165) is 25.8 Å². The molecule has 0 atom stereocenters. The molecular weight excluding hydrogens is 304 g/mol. The van der Waals surface area contributed by atoms with Crippen LogP contribution in [0.2, 0.25) is 0 Å². The van der Waals surface area contributed by atoms with Gasteiger partial charge in [-0.05, 0) is 31.4 Å². The predicted octanol–water partition coefficient (Wildman–Crippen LogP) is 2.32. The summed E-state index contributed by atoms with van der Waals surface area (Å²) < 4.78 is 5.55. The number of hydrogen-bond donors (Lipinski definition) is 0. The van der Waals surface area contributed by atoms with E-state index in [0.29, 0.717) is 31.3 Å². The molecule has 2 aliphatic rings. The van der Waals surface area contributed by atoms with Gasteiger partial charge in [-0.15, -0.1) is 0 Å². The lowest BCUT2D eigenvalue weighted by Gasteiger charge is -2.24. The zero-order valence-electron chi connectivity index (χ0n) is 14.2. The van der Waals surface area contributed by atoms with Gasteiger partial charge in [-0.1, -0.05) is 31.0 Å². The summed E-state index contributed by atoms with van der Waals surface area (Å²) in [5, 5.41) is 0. The van der Waals surface area contributed by atoms with E-state index in [9.17, 15) is 9.59 Å². The maximum atomic E-state index is 12.5. The third kappa shape index (κ3) is 4.28. The van der Waals surface area contributed by atoms with Gasteiger partial charge in [0.25, 0.3) is 5.91 Å². The summed E-state index contributed by atoms with van der Waals surface area (Å²) >= 11 is 0. The molecule has 5 nitrogen and oxygen atoms in total. The smallest absolute Gasteiger partial charge is 0.260 e. The molecule has 0 unspecified atom stereocenters. The van der Waals surface area contributed by atoms with Crippen LogP contribution in [-0.4, -0.2) is 54.4 Å². The zero-order chi connectivity index (χ0) is 16.8. The van der Waals surface area contributed by atoms with Crippen molar-refractivity contribution in [3.63, 3.8) is 0 Å². The molecule has 1 aliphatic heterocycles. The van der Waals surface area contributed by atoms with Gasteiger partial charge >= 0.3 is 0 Å². The Morgan fingerprint density at radius 1 is 0.917 bits per heavy atom. The SMILES string of the molecule is O=C(COc1ccccc1)N1CCCN(C(=O)C2CCCC2)CC1. The molecule has 1 aliphatic carbocycles. The van der Waals surface area contributed by atoms with Crippen molar-refractivity contribution in [1.29, 1.82) is 0 Å². The number of amides is 2. The summed E-state index contributed by atoms with van der Waals surface area (Å²) in [4.78, 5) is 28.7. The molecule has 0 N–H and O–H groups in total. The zero-order valence-corrected chi connectivity index (χ0v) is 14.2. The molecule has 0 radical (unpaired) electrons. The van der Waals surface area contributed by atoms with E-state index < -0.39 is 0 Å². The number of ether oxygens (including phenoxy) is 1. The van der Waals surface area contributed by atoms with Gasteiger partial charge in [-0.25, -0.2) is 0 Å². The first-order valence-corrected chi connectivity index (χ1v) is 8.98. The quantitative estimate of drug-likeness (QED) is 0.851. The first kappa shape index (κ1) is 16.8. The van der Waals surface area contributed by atoms with Crippen molar-refractivity contribution in [2.24, 2.45) is 5.92 Å². The van der Waals surface area contributed by atoms with Crippen LogP contribution in [0, 0.1) is 5.92 Å². The van der Waals surface area contributed by atoms with Crippen LogP contribution in [0.4, 0.5) is 0 Å². The first-order valence-electron chi connectivity index (χ1n) is 8.98. The minimum absolute atomic E-state index is 0.00554. The molecule has 1 aromatic rings. The Kier molecular flexibility index (Phi) is 5.72. The highest BCUT2D eigenvalue weighted by atomic mass is 16.5. The van der Waals surface area contributed by atoms with Crippen molar-refractivity contribution < 1.29 is 14.3 Å². The number of para-hydroxylation sites is 1. The molecule has 1 aromatic carbocycles. The number of benzene rings is 1. The highest BCUT2D eigenvalue weighted by molar-refractivity contribution is 5.80. The second-order valence-corrected chi connectivity index (χ2v) is 6.64. The summed E-state index contributed by atoms with van der Waals surface area (Å²) in [5.74, 6) is 1.21. The summed E-state index contributed by atoms with van der Waals surface area (Å²) in [6.45, 7) is 2.77. The fourth-order valence-corrected chi connectivity index (χ4v) is 3.57. The Labute approximate surface area is 143 Å². The van der Waals surface area contributed by atoms with Crippen molar-refractivity contribution in [2.75, 3.05) is 32.8 Å². The maximum absolute atomic E-state index is 12.5. The van der Waals surface area contributed by atoms with E-state index in [1.807, 2.05) is 40.1 Å². The monoisotopic (exact) mass is 330 g/mol. The minimum Gasteiger partial charge on any atom is -0.484 e. The standard InChI is InChI=1S/C19H26N2O3/c22-18(15-24-17-9-2-1-3-10-17)20-11-6-12-21(14-13-20)19(23)16-7-4-5-8-16/h1-3,9-10,16H,4-8,11-15H2. The summed E-state index contributed by atoms with van der Waals surface area (Å²) in [6, 6.07) is 9.38.